The Labute approximate surface area is 704 Å². The summed E-state index contributed by atoms with van der Waals surface area (Å²) in [5, 5.41) is 56.0. The zero-order valence-corrected chi connectivity index (χ0v) is 70.6. The van der Waals surface area contributed by atoms with Crippen molar-refractivity contribution in [1.29, 1.82) is 0 Å². The lowest BCUT2D eigenvalue weighted by Crippen LogP contribution is -2.61. The minimum atomic E-state index is -1.69. The molecule has 6 rings (SSSR count). The predicted octanol–water partition coefficient (Wildman–Crippen LogP) is -1.05. The van der Waals surface area contributed by atoms with E-state index in [0.29, 0.717) is 73.4 Å². The molecule has 14 amide bonds. The number of aliphatic hydroxyl groups excluding tert-OH is 1. The number of carbonyl (C=O) groups excluding carboxylic acids is 14. The Balaban J connectivity index is 1.12. The Morgan fingerprint density at radius 3 is 1.35 bits per heavy atom. The Bertz CT molecular complexity index is 4330. The Morgan fingerprint density at radius 2 is 0.876 bits per heavy atom. The van der Waals surface area contributed by atoms with Crippen molar-refractivity contribution in [1.82, 2.24) is 84.0 Å². The summed E-state index contributed by atoms with van der Waals surface area (Å²) in [7, 11) is 0. The first kappa shape index (κ1) is 98.4. The highest BCUT2D eigenvalue weighted by molar-refractivity contribution is 6.01. The molecule has 0 aliphatic carbocycles. The summed E-state index contributed by atoms with van der Waals surface area (Å²) in [6, 6.07) is 5.27. The monoisotopic (exact) mass is 1690 g/mol. The number of aromatic nitrogens is 2. The number of fused-ring (bicyclic) bond motifs is 2. The summed E-state index contributed by atoms with van der Waals surface area (Å²) in [5.74, 6) is -13.2. The number of aromatic amines is 2. The van der Waals surface area contributed by atoms with E-state index in [4.69, 9.17) is 22.9 Å². The van der Waals surface area contributed by atoms with Crippen molar-refractivity contribution in [3.05, 3.63) is 108 Å². The minimum absolute atomic E-state index is 0.00794. The zero-order chi connectivity index (χ0) is 89.2. The fraction of sp³-hybridized carbons (Fsp3) is 0.560. The third kappa shape index (κ3) is 30.7. The van der Waals surface area contributed by atoms with Crippen molar-refractivity contribution in [3.63, 3.8) is 0 Å². The number of nitrogens with two attached hydrogens (primary N) is 4. The first-order valence-electron chi connectivity index (χ1n) is 41.7. The van der Waals surface area contributed by atoms with Crippen molar-refractivity contribution in [2.45, 2.75) is 256 Å². The molecule has 37 heteroatoms. The van der Waals surface area contributed by atoms with Crippen molar-refractivity contribution < 1.29 is 82.1 Å². The van der Waals surface area contributed by atoms with Gasteiger partial charge in [-0.3, -0.25) is 71.9 Å². The van der Waals surface area contributed by atoms with Gasteiger partial charge < -0.3 is 117 Å². The van der Waals surface area contributed by atoms with E-state index in [1.54, 1.807) is 76.5 Å². The first-order chi connectivity index (χ1) is 57.6. The van der Waals surface area contributed by atoms with Gasteiger partial charge in [-0.25, -0.2) is 0 Å². The van der Waals surface area contributed by atoms with E-state index in [0.717, 1.165) is 16.5 Å². The van der Waals surface area contributed by atoms with Gasteiger partial charge in [0.05, 0.1) is 18.7 Å². The number of H-pyrrole nitrogens is 2. The molecule has 5 aromatic rings. The summed E-state index contributed by atoms with van der Waals surface area (Å²) in [4.78, 5) is 217. The second kappa shape index (κ2) is 49.4. The van der Waals surface area contributed by atoms with Gasteiger partial charge in [-0.1, -0.05) is 101 Å². The number of aliphatic carboxylic acids is 1. The summed E-state index contributed by atoms with van der Waals surface area (Å²) >= 11 is 0. The number of carboxylic acids is 1. The molecule has 0 unspecified atom stereocenters. The van der Waals surface area contributed by atoms with Crippen LogP contribution in [0.25, 0.3) is 21.8 Å². The quantitative estimate of drug-likeness (QED) is 0.0207. The molecule has 37 nitrogen and oxygen atoms in total. The molecule has 3 heterocycles. The fourth-order valence-electron chi connectivity index (χ4n) is 14.0. The number of aliphatic hydroxyl groups is 1. The summed E-state index contributed by atoms with van der Waals surface area (Å²) < 4.78 is 0. The van der Waals surface area contributed by atoms with Crippen LogP contribution >= 0.6 is 0 Å². The van der Waals surface area contributed by atoms with Crippen LogP contribution in [0, 0.1) is 11.8 Å². The Hall–Kier alpha value is -11.4. The van der Waals surface area contributed by atoms with Crippen LogP contribution in [-0.2, 0) is 91.2 Å². The molecular formula is C84H126N20O17. The normalized spacial score (nSPS) is 16.4. The molecule has 0 saturated carbocycles. The number of hydrogen-bond donors (Lipinski definition) is 21. The SMILES string of the molecule is CC[C@H](C)[C@H](NC(=O)[C@H](C)NC(=O)[C@H](CCCCN)NC(=O)[C@H](CCCCN)NC(=O)[C@H](C)NC(=O)[C@H](Cc1c[nH]c2ccccc12)NC(=O)[C@H](CCCCN)NC(=O)[C@H](C)NC(=O)[C@H](CC(C)C)NC(=O)[C@@H](NC(=O)CNC(=O)[C@H](Cc1c[nH]c2ccccc12)NC(=O)[C@@H](N)Cc1ccccc1)[C@@H](C)O)C(=O)N1CCC[C@H]1C(=O)N[C@@H](C)C(=O)O. The van der Waals surface area contributed by atoms with Crippen LogP contribution in [0.3, 0.4) is 0 Å². The zero-order valence-electron chi connectivity index (χ0n) is 70.6. The average Bonchev–Trinajstić information content (AvgIpc) is 1.71. The molecule has 16 atom stereocenters. The van der Waals surface area contributed by atoms with E-state index < -0.39 is 192 Å². The van der Waals surface area contributed by atoms with Crippen molar-refractivity contribution >= 4 is 110 Å². The topological polar surface area (TPSA) is 592 Å². The largest absolute Gasteiger partial charge is 0.480 e. The highest BCUT2D eigenvalue weighted by Gasteiger charge is 2.42. The average molecular weight is 1690 g/mol. The van der Waals surface area contributed by atoms with Gasteiger partial charge in [0.25, 0.3) is 0 Å². The second-order valence-corrected chi connectivity index (χ2v) is 31.6. The second-order valence-electron chi connectivity index (χ2n) is 31.6. The molecule has 25 N–H and O–H groups in total. The Kier molecular flexibility index (Phi) is 40.1. The number of nitrogens with one attached hydrogen (secondary N) is 15. The smallest absolute Gasteiger partial charge is 0.325 e. The van der Waals surface area contributed by atoms with Gasteiger partial charge >= 0.3 is 5.97 Å². The Morgan fingerprint density at radius 1 is 0.455 bits per heavy atom. The molecule has 664 valence electrons. The van der Waals surface area contributed by atoms with Crippen LogP contribution in [0.15, 0.2) is 91.3 Å². The van der Waals surface area contributed by atoms with Crippen molar-refractivity contribution in [2.24, 2.45) is 34.8 Å². The molecular weight excluding hydrogens is 1560 g/mol. The summed E-state index contributed by atoms with van der Waals surface area (Å²) in [6.07, 6.45) is 5.10. The maximum Gasteiger partial charge on any atom is 0.325 e. The number of carboxylic acid groups (broad SMARTS) is 1. The third-order valence-corrected chi connectivity index (χ3v) is 21.3. The van der Waals surface area contributed by atoms with Gasteiger partial charge in [-0.15, -0.1) is 0 Å². The van der Waals surface area contributed by atoms with Crippen LogP contribution in [-0.4, -0.2) is 237 Å². The van der Waals surface area contributed by atoms with E-state index in [2.05, 4.69) is 79.1 Å². The number of hydrogen-bond acceptors (Lipinski definition) is 20. The number of rotatable bonds is 51. The van der Waals surface area contributed by atoms with E-state index in [1.165, 1.54) is 39.5 Å². The molecule has 1 aliphatic heterocycles. The lowest BCUT2D eigenvalue weighted by atomic mass is 9.97. The molecule has 0 radical (unpaired) electrons. The van der Waals surface area contributed by atoms with Crippen molar-refractivity contribution in [2.75, 3.05) is 32.7 Å². The highest BCUT2D eigenvalue weighted by Crippen LogP contribution is 2.25. The summed E-state index contributed by atoms with van der Waals surface area (Å²) in [5.41, 5.74) is 27.4. The fourth-order valence-corrected chi connectivity index (χ4v) is 14.0. The molecule has 121 heavy (non-hydrogen) atoms. The highest BCUT2D eigenvalue weighted by atomic mass is 16.4. The first-order valence-corrected chi connectivity index (χ1v) is 41.7. The lowest BCUT2D eigenvalue weighted by Gasteiger charge is -2.32. The van der Waals surface area contributed by atoms with Gasteiger partial charge in [0.15, 0.2) is 0 Å². The number of benzene rings is 3. The number of likely N-dealkylation sites (tertiary alicyclic amines) is 1. The number of para-hydroxylation sites is 2. The molecule has 1 saturated heterocycles. The standard InChI is InChI=1S/C84H126N20O17/c1-10-47(4)69(83(119)104-38-24-34-67(104)81(117)95-51(8)84(120)121)103-73(109)50(7)92-76(112)61(31-18-21-35-85)98-77(113)62(32-19-22-36-86)96-72(108)49(6)94-80(116)66(42-55-44-90-60-30-17-15-28-57(55)60)100-78(114)63(33-20-23-37-87)97-71(107)48(5)93-79(115)64(39-46(2)3)101-82(118)70(52(9)105)102-68(106)45-91-75(111)65(41-54-43-89-59-29-16-14-27-56(54)59)99-74(110)58(88)40-53-25-12-11-13-26-53/h11-17,25-30,43-44,46-52,58,61-67,69-70,89-90,105H,10,18-24,31-42,45,85-88H2,1-9H3,(H,91,111)(H,92,112)(H,93,115)(H,94,116)(H,95,117)(H,96,108)(H,97,107)(H,98,113)(H,99,110)(H,100,114)(H,101,118)(H,102,106)(H,103,109)(H,120,121)/t47-,48-,49-,50-,51-,52+,58-,61-,62-,63-,64-,65-,66-,67-,69-,70-/m0/s1. The number of unbranched alkanes of at least 4 members (excludes halogenated alkanes) is 3. The number of carbonyl (C=O) groups is 15. The van der Waals surface area contributed by atoms with Gasteiger partial charge in [0, 0.05) is 53.6 Å². The van der Waals surface area contributed by atoms with Crippen molar-refractivity contribution in [3.8, 4) is 0 Å². The minimum Gasteiger partial charge on any atom is -0.480 e. The number of amides is 14. The van der Waals surface area contributed by atoms with Crippen LogP contribution in [0.2, 0.25) is 0 Å². The maximum absolute atomic E-state index is 14.8. The third-order valence-electron chi connectivity index (χ3n) is 21.3. The predicted molar refractivity (Wildman–Crippen MR) is 453 cm³/mol. The van der Waals surface area contributed by atoms with E-state index in [9.17, 15) is 82.1 Å². The van der Waals surface area contributed by atoms with E-state index in [1.807, 2.05) is 42.5 Å². The van der Waals surface area contributed by atoms with Crippen LogP contribution < -0.4 is 92.1 Å². The lowest BCUT2D eigenvalue weighted by molar-refractivity contribution is -0.145. The van der Waals surface area contributed by atoms with Crippen LogP contribution in [0.5, 0.6) is 0 Å². The molecule has 2 aromatic heterocycles. The maximum atomic E-state index is 14.8. The van der Waals surface area contributed by atoms with E-state index in [-0.39, 0.29) is 83.5 Å². The van der Waals surface area contributed by atoms with Crippen LogP contribution in [0.1, 0.15) is 162 Å². The molecule has 0 bridgehead atoms. The molecule has 3 aromatic carbocycles. The van der Waals surface area contributed by atoms with Gasteiger partial charge in [-0.2, -0.15) is 0 Å². The summed E-state index contributed by atoms with van der Waals surface area (Å²) in [6.45, 7) is 13.8. The van der Waals surface area contributed by atoms with E-state index >= 15 is 0 Å². The molecule has 0 spiro atoms. The number of nitrogens with zero attached hydrogens (tertiary/aromatic N) is 1. The molecule has 1 fully saturated rings. The van der Waals surface area contributed by atoms with Crippen LogP contribution in [0.4, 0.5) is 0 Å². The van der Waals surface area contributed by atoms with Gasteiger partial charge in [0.1, 0.15) is 78.5 Å². The molecule has 1 aliphatic rings. The van der Waals surface area contributed by atoms with Gasteiger partial charge in [-0.05, 0) is 178 Å². The van der Waals surface area contributed by atoms with Gasteiger partial charge in [0.2, 0.25) is 82.7 Å².